The number of aliphatic hydroxyl groups excluding tert-OH is 4. The van der Waals surface area contributed by atoms with Crippen LogP contribution in [0.2, 0.25) is 0 Å². The van der Waals surface area contributed by atoms with Crippen LogP contribution in [0.5, 0.6) is 5.75 Å². The molecule has 5 atom stereocenters. The first kappa shape index (κ1) is 21.7. The van der Waals surface area contributed by atoms with E-state index in [1.807, 2.05) is 0 Å². The molecule has 0 saturated heterocycles. The van der Waals surface area contributed by atoms with Crippen LogP contribution in [0.15, 0.2) is 23.8 Å². The number of ether oxygens (including phenoxy) is 1. The fourth-order valence-electron chi connectivity index (χ4n) is 2.98. The number of aliphatic hydroxyl groups is 4. The van der Waals surface area contributed by atoms with Crippen molar-refractivity contribution in [3.63, 3.8) is 0 Å². The molecule has 1 aromatic rings. The molecule has 0 aliphatic heterocycles. The highest BCUT2D eigenvalue weighted by molar-refractivity contribution is 5.97. The summed E-state index contributed by atoms with van der Waals surface area (Å²) in [6.45, 7) is 0.706. The third-order valence-corrected chi connectivity index (χ3v) is 4.51. The molecule has 1 fully saturated rings. The van der Waals surface area contributed by atoms with Crippen molar-refractivity contribution < 1.29 is 40.0 Å². The number of carbonyl (C=O) groups excluding carboxylic acids is 1. The lowest BCUT2D eigenvalue weighted by Crippen LogP contribution is -2.63. The molecule has 1 aliphatic rings. The number of nitrogens with one attached hydrogen (secondary N) is 1. The maximum absolute atomic E-state index is 12.4. The Hall–Kier alpha value is -2.57. The number of nitrogens with zero attached hydrogens (tertiary/aromatic N) is 1. The van der Waals surface area contributed by atoms with Crippen molar-refractivity contribution in [2.45, 2.75) is 43.8 Å². The third kappa shape index (κ3) is 4.82. The average molecular weight is 398 g/mol. The summed E-state index contributed by atoms with van der Waals surface area (Å²) in [5.41, 5.74) is -0.144. The normalized spacial score (nSPS) is 28.0. The fraction of sp³-hybridized carbons (Fsp3) is 0.471. The van der Waals surface area contributed by atoms with Gasteiger partial charge < -0.3 is 35.6 Å². The van der Waals surface area contributed by atoms with E-state index in [1.54, 1.807) is 0 Å². The van der Waals surface area contributed by atoms with Crippen molar-refractivity contribution in [2.75, 3.05) is 6.79 Å². The van der Waals surface area contributed by atoms with Crippen LogP contribution in [0.25, 0.3) is 6.08 Å². The highest BCUT2D eigenvalue weighted by Crippen LogP contribution is 2.27. The summed E-state index contributed by atoms with van der Waals surface area (Å²) >= 11 is 0. The lowest BCUT2D eigenvalue weighted by molar-refractivity contribution is -0.385. The monoisotopic (exact) mass is 398 g/mol. The van der Waals surface area contributed by atoms with Crippen molar-refractivity contribution in [3.8, 4) is 5.75 Å². The average Bonchev–Trinajstić information content (AvgIpc) is 2.64. The van der Waals surface area contributed by atoms with Crippen LogP contribution in [-0.2, 0) is 9.53 Å². The Kier molecular flexibility index (Phi) is 7.05. The predicted octanol–water partition coefficient (Wildman–Crippen LogP) is -0.990. The van der Waals surface area contributed by atoms with Gasteiger partial charge in [0.1, 0.15) is 19.0 Å². The Balaban J connectivity index is 2.17. The molecule has 1 amide bonds. The number of amides is 1. The predicted molar refractivity (Wildman–Crippen MR) is 94.9 cm³/mol. The van der Waals surface area contributed by atoms with Crippen molar-refractivity contribution in [1.29, 1.82) is 0 Å². The van der Waals surface area contributed by atoms with Crippen molar-refractivity contribution in [3.05, 3.63) is 39.4 Å². The molecule has 1 saturated carbocycles. The lowest BCUT2D eigenvalue weighted by atomic mass is 9.85. The van der Waals surface area contributed by atoms with Crippen molar-refractivity contribution >= 4 is 17.7 Å². The SMILES string of the molecule is C/C(=C\c1ccc(O)c([N+](=O)[O-])c1)C(=O)N[C@H]1[C@@H](O)[C@H](OCO)C[C@H](O)[C@H]1O. The van der Waals surface area contributed by atoms with E-state index in [0.717, 1.165) is 12.1 Å². The summed E-state index contributed by atoms with van der Waals surface area (Å²) in [5.74, 6) is -1.21. The molecule has 2 rings (SSSR count). The quantitative estimate of drug-likeness (QED) is 0.152. The number of phenols is 1. The maximum Gasteiger partial charge on any atom is 0.311 e. The van der Waals surface area contributed by atoms with Gasteiger partial charge in [0.2, 0.25) is 5.91 Å². The first-order valence-corrected chi connectivity index (χ1v) is 8.39. The largest absolute Gasteiger partial charge is 0.502 e. The number of carbonyl (C=O) groups is 1. The van der Waals surface area contributed by atoms with Crippen LogP contribution < -0.4 is 5.32 Å². The maximum atomic E-state index is 12.4. The first-order chi connectivity index (χ1) is 13.1. The van der Waals surface area contributed by atoms with Gasteiger partial charge in [-0.15, -0.1) is 0 Å². The van der Waals surface area contributed by atoms with Crippen LogP contribution in [-0.4, -0.2) is 73.6 Å². The minimum atomic E-state index is -1.46. The molecule has 0 unspecified atom stereocenters. The number of phenolic OH excluding ortho intramolecular Hbond substituents is 1. The summed E-state index contributed by atoms with van der Waals surface area (Å²) in [6, 6.07) is 2.32. The molecule has 6 N–H and O–H groups in total. The van der Waals surface area contributed by atoms with E-state index in [0.29, 0.717) is 0 Å². The smallest absolute Gasteiger partial charge is 0.311 e. The summed E-state index contributed by atoms with van der Waals surface area (Å²) < 4.78 is 4.91. The number of nitro benzene ring substituents is 1. The van der Waals surface area contributed by atoms with E-state index in [-0.39, 0.29) is 17.6 Å². The molecule has 1 aromatic carbocycles. The minimum Gasteiger partial charge on any atom is -0.502 e. The van der Waals surface area contributed by atoms with Gasteiger partial charge in [-0.3, -0.25) is 14.9 Å². The van der Waals surface area contributed by atoms with E-state index < -0.39 is 59.5 Å². The minimum absolute atomic E-state index is 0.0964. The molecule has 0 heterocycles. The van der Waals surface area contributed by atoms with E-state index in [9.17, 15) is 35.3 Å². The molecule has 0 spiro atoms. The Morgan fingerprint density at radius 2 is 2.04 bits per heavy atom. The summed E-state index contributed by atoms with van der Waals surface area (Å²) in [5, 5.41) is 61.8. The van der Waals surface area contributed by atoms with Crippen molar-refractivity contribution in [1.82, 2.24) is 5.32 Å². The Labute approximate surface area is 159 Å². The van der Waals surface area contributed by atoms with E-state index in [2.05, 4.69) is 5.32 Å². The fourth-order valence-corrected chi connectivity index (χ4v) is 2.98. The molecule has 154 valence electrons. The summed E-state index contributed by atoms with van der Waals surface area (Å²) in [6.07, 6.45) is -3.91. The second-order valence-electron chi connectivity index (χ2n) is 6.45. The zero-order chi connectivity index (χ0) is 21.0. The van der Waals surface area contributed by atoms with Crippen LogP contribution in [0.3, 0.4) is 0 Å². The Bertz CT molecular complexity index is 767. The van der Waals surface area contributed by atoms with Crippen molar-refractivity contribution in [2.24, 2.45) is 0 Å². The Morgan fingerprint density at radius 3 is 2.64 bits per heavy atom. The topological polar surface area (TPSA) is 183 Å². The van der Waals surface area contributed by atoms with Crippen LogP contribution >= 0.6 is 0 Å². The molecule has 1 aliphatic carbocycles. The molecule has 0 aromatic heterocycles. The molecule has 0 radical (unpaired) electrons. The third-order valence-electron chi connectivity index (χ3n) is 4.51. The van der Waals surface area contributed by atoms with E-state index in [1.165, 1.54) is 19.1 Å². The lowest BCUT2D eigenvalue weighted by Gasteiger charge is -2.40. The highest BCUT2D eigenvalue weighted by atomic mass is 16.6. The van der Waals surface area contributed by atoms with E-state index in [4.69, 9.17) is 9.84 Å². The van der Waals surface area contributed by atoms with Gasteiger partial charge >= 0.3 is 5.69 Å². The number of aromatic hydroxyl groups is 1. The number of nitro groups is 1. The van der Waals surface area contributed by atoms with Gasteiger partial charge in [-0.1, -0.05) is 6.07 Å². The van der Waals surface area contributed by atoms with Crippen LogP contribution in [0.4, 0.5) is 5.69 Å². The second-order valence-corrected chi connectivity index (χ2v) is 6.45. The number of rotatable bonds is 6. The van der Waals surface area contributed by atoms with E-state index >= 15 is 0 Å². The van der Waals surface area contributed by atoms with Crippen LogP contribution in [0.1, 0.15) is 18.9 Å². The second kappa shape index (κ2) is 9.08. The van der Waals surface area contributed by atoms with Gasteiger partial charge in [0.05, 0.1) is 23.2 Å². The van der Waals surface area contributed by atoms with Gasteiger partial charge in [-0.25, -0.2) is 0 Å². The van der Waals surface area contributed by atoms with Gasteiger partial charge in [-0.05, 0) is 24.6 Å². The molecule has 0 bridgehead atoms. The number of hydrogen-bond acceptors (Lipinski definition) is 9. The molecule has 11 nitrogen and oxygen atoms in total. The molecule has 28 heavy (non-hydrogen) atoms. The Morgan fingerprint density at radius 1 is 1.36 bits per heavy atom. The molecular formula is C17H22N2O9. The molecular weight excluding hydrogens is 376 g/mol. The standard InChI is InChI=1S/C17H22N2O9/c1-8(4-9-2-3-11(21)10(5-9)19(26)27)17(25)18-14-15(23)12(22)6-13(16(14)24)28-7-20/h2-5,12-16,20-24H,6-7H2,1H3,(H,18,25)/b8-4+/t12-,13+,14+,15+,16-/m0/s1. The number of benzene rings is 1. The van der Waals surface area contributed by atoms with Gasteiger partial charge in [0.25, 0.3) is 0 Å². The zero-order valence-electron chi connectivity index (χ0n) is 14.9. The molecule has 11 heteroatoms. The summed E-state index contributed by atoms with van der Waals surface area (Å²) in [7, 11) is 0. The van der Waals surface area contributed by atoms with Crippen LogP contribution in [0, 0.1) is 10.1 Å². The summed E-state index contributed by atoms with van der Waals surface area (Å²) in [4.78, 5) is 22.5. The zero-order valence-corrected chi connectivity index (χ0v) is 14.9. The van der Waals surface area contributed by atoms with Gasteiger partial charge in [-0.2, -0.15) is 0 Å². The van der Waals surface area contributed by atoms with Gasteiger partial charge in [0.15, 0.2) is 5.75 Å². The van der Waals surface area contributed by atoms with Gasteiger partial charge in [0, 0.05) is 18.1 Å². The number of hydrogen-bond donors (Lipinski definition) is 6. The highest BCUT2D eigenvalue weighted by Gasteiger charge is 2.44. The first-order valence-electron chi connectivity index (χ1n) is 8.39.